The first-order chi connectivity index (χ1) is 38.4. The van der Waals surface area contributed by atoms with Gasteiger partial charge in [0.25, 0.3) is 5.91 Å². The number of hydrogen-bond acceptors (Lipinski definition) is 19. The van der Waals surface area contributed by atoms with Crippen molar-refractivity contribution >= 4 is 17.7 Å². The molecular weight excluding hydrogens is 1080 g/mol. The third kappa shape index (κ3) is 12.1. The molecule has 22 heteroatoms. The SMILES string of the molecule is CC[C@H]1OC(=O)[C@H](C)[C@@H](O[C@H]2C[C@@](C)(OC)[C@@H](O)[C@H](C)O2)[C@H](O)[C@@H](O[C@@H]2O[C@H](C)C[C@H](N(C)CC)[C@H]2O)[C@](C)(O)C[C@@H](C)CN(CCCNC(=O)[C@@]2(O)[C@H](C)CC3C4CC(F)=C5CC(=O)C=C[C@]5(C)[C@@]4(F)[C@@H](O)C[C@@]32C)[C@H](C)[C@@H](O)[C@]1(C)O. The van der Waals surface area contributed by atoms with E-state index in [-0.39, 0.29) is 82.4 Å². The van der Waals surface area contributed by atoms with Crippen molar-refractivity contribution < 1.29 is 92.4 Å². The number of likely N-dealkylation sites (N-methyl/N-ethyl adjacent to an activating group) is 1. The van der Waals surface area contributed by atoms with Crippen LogP contribution in [0, 0.1) is 40.4 Å². The Hall–Kier alpha value is -2.65. The van der Waals surface area contributed by atoms with E-state index in [9.17, 15) is 55.2 Å². The fourth-order valence-corrected chi connectivity index (χ4v) is 16.2. The van der Waals surface area contributed by atoms with Crippen molar-refractivity contribution in [2.75, 3.05) is 40.3 Å². The van der Waals surface area contributed by atoms with Crippen LogP contribution in [-0.2, 0) is 42.8 Å². The second kappa shape index (κ2) is 25.1. The van der Waals surface area contributed by atoms with E-state index in [1.807, 2.05) is 37.6 Å². The average molecular weight is 1190 g/mol. The molecule has 0 aromatic rings. The zero-order valence-corrected chi connectivity index (χ0v) is 51.7. The quantitative estimate of drug-likeness (QED) is 0.0942. The molecule has 9 N–H and O–H groups in total. The van der Waals surface area contributed by atoms with Gasteiger partial charge in [-0.1, -0.05) is 40.7 Å². The predicted molar refractivity (Wildman–Crippen MR) is 300 cm³/mol. The summed E-state index contributed by atoms with van der Waals surface area (Å²) in [4.78, 5) is 45.5. The van der Waals surface area contributed by atoms with Gasteiger partial charge in [0.1, 0.15) is 54.2 Å². The molecule has 0 spiro atoms. The zero-order chi connectivity index (χ0) is 62.1. The summed E-state index contributed by atoms with van der Waals surface area (Å²) in [7, 11) is 3.28. The van der Waals surface area contributed by atoms with Gasteiger partial charge in [0.05, 0.1) is 35.4 Å². The van der Waals surface area contributed by atoms with Gasteiger partial charge in [0, 0.05) is 74.8 Å². The predicted octanol–water partition coefficient (Wildman–Crippen LogP) is 3.54. The highest BCUT2D eigenvalue weighted by molar-refractivity contribution is 5.94. The first-order valence-electron chi connectivity index (χ1n) is 30.4. The lowest BCUT2D eigenvalue weighted by Gasteiger charge is -2.62. The Labute approximate surface area is 489 Å². The molecule has 83 heavy (non-hydrogen) atoms. The maximum atomic E-state index is 17.9. The van der Waals surface area contributed by atoms with Gasteiger partial charge >= 0.3 is 5.97 Å². The number of methoxy groups -OCH3 is 1. The number of ether oxygens (including phenoxy) is 6. The fraction of sp³-hybridized carbons (Fsp3) is 0.885. The highest BCUT2D eigenvalue weighted by Crippen LogP contribution is 2.71. The van der Waals surface area contributed by atoms with Crippen molar-refractivity contribution in [3.63, 3.8) is 0 Å². The van der Waals surface area contributed by atoms with Crippen LogP contribution in [-0.4, -0.2) is 222 Å². The van der Waals surface area contributed by atoms with Gasteiger partial charge in [-0.05, 0) is 137 Å². The number of fused-ring (bicyclic) bond motifs is 5. The number of aliphatic hydroxyl groups excluding tert-OH is 5. The molecule has 0 bridgehead atoms. The molecule has 0 aromatic heterocycles. The number of aliphatic hydroxyl groups is 8. The van der Waals surface area contributed by atoms with Gasteiger partial charge in [0.15, 0.2) is 29.6 Å². The van der Waals surface area contributed by atoms with Crippen molar-refractivity contribution in [3.8, 4) is 0 Å². The topological polar surface area (TPSA) is 287 Å². The maximum absolute atomic E-state index is 17.9. The zero-order valence-electron chi connectivity index (χ0n) is 51.7. The number of esters is 1. The molecule has 2 unspecified atom stereocenters. The minimum atomic E-state index is -2.39. The van der Waals surface area contributed by atoms with E-state index in [1.165, 1.54) is 47.0 Å². The highest BCUT2D eigenvalue weighted by Gasteiger charge is 2.76. The second-order valence-corrected chi connectivity index (χ2v) is 27.4. The van der Waals surface area contributed by atoms with Crippen LogP contribution in [0.1, 0.15) is 148 Å². The van der Waals surface area contributed by atoms with E-state index in [2.05, 4.69) is 5.32 Å². The van der Waals surface area contributed by atoms with Crippen molar-refractivity contribution in [3.05, 3.63) is 23.6 Å². The molecule has 3 aliphatic heterocycles. The van der Waals surface area contributed by atoms with Crippen molar-refractivity contribution in [1.82, 2.24) is 15.1 Å². The van der Waals surface area contributed by atoms with Crippen LogP contribution >= 0.6 is 0 Å². The number of amides is 1. The van der Waals surface area contributed by atoms with E-state index in [1.54, 1.807) is 41.5 Å². The number of nitrogens with one attached hydrogen (secondary N) is 1. The lowest BCUT2D eigenvalue weighted by molar-refractivity contribution is -0.326. The van der Waals surface area contributed by atoms with Gasteiger partial charge < -0.3 is 79.5 Å². The highest BCUT2D eigenvalue weighted by atomic mass is 19.1. The Morgan fingerprint density at radius 2 is 1.55 bits per heavy atom. The average Bonchev–Trinajstić information content (AvgIpc) is 1.69. The molecule has 26 atom stereocenters. The van der Waals surface area contributed by atoms with Gasteiger partial charge in [-0.2, -0.15) is 0 Å². The standard InChI is InChI=1S/C61H101F2N3O17/c1-16-44-59(13,76)49(71)35(7)66(22-18-21-64-54(74)61(77)32(4)23-38-39-26-41(62)40-25-37(67)19-20-55(40,9)60(39,63)43(68)28-56(38,61)10)30-31(3)27-57(11,75)51(83-53-46(69)42(65(14)17-2)24-33(5)79-53)47(70)48(34(6)52(73)81-44)82-45-29-58(12,78-15)50(72)36(8)80-45/h19-20,31-36,38-39,42-51,53,68-72,75-77H,16-18,21-30H2,1-15H3,(H,64,74)/t31-,32-,33-,34-,35-,36+,38?,39?,42+,43+,44-,45+,46-,47+,48-,49-,50+,51-,53+,55+,56+,57-,58-,59-,60+,61+/m1/s1. The lowest BCUT2D eigenvalue weighted by Crippen LogP contribution is -2.70. The number of halogens is 2. The van der Waals surface area contributed by atoms with Crippen LogP contribution in [0.25, 0.3) is 0 Å². The smallest absolute Gasteiger partial charge is 0.311 e. The van der Waals surface area contributed by atoms with E-state index >= 15 is 8.78 Å². The van der Waals surface area contributed by atoms with Crippen molar-refractivity contribution in [2.45, 2.75) is 262 Å². The summed E-state index contributed by atoms with van der Waals surface area (Å²) in [6.45, 7) is 22.2. The Morgan fingerprint density at radius 1 is 0.892 bits per heavy atom. The van der Waals surface area contributed by atoms with Crippen LogP contribution in [0.3, 0.4) is 0 Å². The third-order valence-corrected chi connectivity index (χ3v) is 21.6. The van der Waals surface area contributed by atoms with Crippen LogP contribution in [0.5, 0.6) is 0 Å². The van der Waals surface area contributed by atoms with Gasteiger partial charge in [-0.15, -0.1) is 0 Å². The Bertz CT molecular complexity index is 2380. The number of cyclic esters (lactones) is 1. The van der Waals surface area contributed by atoms with Gasteiger partial charge in [-0.3, -0.25) is 19.3 Å². The van der Waals surface area contributed by atoms with E-state index < -0.39 is 172 Å². The minimum Gasteiger partial charge on any atom is -0.459 e. The number of alkyl halides is 1. The first-order valence-corrected chi connectivity index (χ1v) is 30.4. The number of ketones is 1. The first kappa shape index (κ1) is 67.9. The van der Waals surface area contributed by atoms with E-state index in [0.29, 0.717) is 13.0 Å². The van der Waals surface area contributed by atoms with Gasteiger partial charge in [0.2, 0.25) is 0 Å². The molecule has 0 aromatic carbocycles. The molecule has 5 fully saturated rings. The molecule has 476 valence electrons. The molecule has 1 amide bonds. The number of allylic oxidation sites excluding steroid dienone is 4. The molecule has 2 saturated carbocycles. The Morgan fingerprint density at radius 3 is 2.18 bits per heavy atom. The van der Waals surface area contributed by atoms with Crippen LogP contribution in [0.4, 0.5) is 8.78 Å². The summed E-state index contributed by atoms with van der Waals surface area (Å²) in [6.07, 6.45) is -13.7. The molecule has 4 aliphatic carbocycles. The lowest BCUT2D eigenvalue weighted by atomic mass is 9.45. The second-order valence-electron chi connectivity index (χ2n) is 27.4. The molecular formula is C61H101F2N3O17. The number of carbonyl (C=O) groups excluding carboxylic acids is 3. The molecule has 20 nitrogen and oxygen atoms in total. The van der Waals surface area contributed by atoms with E-state index in [4.69, 9.17) is 28.4 Å². The normalized spacial score (nSPS) is 49.5. The summed E-state index contributed by atoms with van der Waals surface area (Å²) in [5, 5.41) is 101. The largest absolute Gasteiger partial charge is 0.459 e. The number of carbonyl (C=O) groups is 3. The number of rotatable bonds is 13. The van der Waals surface area contributed by atoms with E-state index in [0.717, 1.165) is 0 Å². The maximum Gasteiger partial charge on any atom is 0.311 e. The fourth-order valence-electron chi connectivity index (χ4n) is 16.2. The Balaban J connectivity index is 1.17. The number of nitrogens with zero attached hydrogens (tertiary/aromatic N) is 2. The van der Waals surface area contributed by atoms with Gasteiger partial charge in [-0.25, -0.2) is 8.78 Å². The summed E-state index contributed by atoms with van der Waals surface area (Å²) in [5.41, 5.74) is -12.8. The summed E-state index contributed by atoms with van der Waals surface area (Å²) < 4.78 is 71.5. The monoisotopic (exact) mass is 1190 g/mol. The van der Waals surface area contributed by atoms with Crippen LogP contribution in [0.2, 0.25) is 0 Å². The molecule has 7 rings (SSSR count). The van der Waals surface area contributed by atoms with Crippen molar-refractivity contribution in [1.29, 1.82) is 0 Å². The van der Waals surface area contributed by atoms with Crippen LogP contribution in [0.15, 0.2) is 23.6 Å². The minimum absolute atomic E-state index is 0.0158. The summed E-state index contributed by atoms with van der Waals surface area (Å²) >= 11 is 0. The molecule has 3 heterocycles. The molecule has 3 saturated heterocycles. The molecule has 7 aliphatic rings. The Kier molecular flexibility index (Phi) is 20.5. The molecule has 0 radical (unpaired) electrons. The van der Waals surface area contributed by atoms with Crippen molar-refractivity contribution in [2.24, 2.45) is 40.4 Å². The number of hydrogen-bond donors (Lipinski definition) is 9. The summed E-state index contributed by atoms with van der Waals surface area (Å²) in [5.74, 6) is -7.17. The van der Waals surface area contributed by atoms with Crippen LogP contribution < -0.4 is 5.32 Å². The summed E-state index contributed by atoms with van der Waals surface area (Å²) in [6, 6.07) is -1.33. The third-order valence-electron chi connectivity index (χ3n) is 21.6.